The van der Waals surface area contributed by atoms with Crippen molar-refractivity contribution in [3.05, 3.63) is 53.3 Å². The number of anilines is 1. The third kappa shape index (κ3) is 2.37. The third-order valence-corrected chi connectivity index (χ3v) is 3.69. The Hall–Kier alpha value is -2.36. The third-order valence-electron chi connectivity index (χ3n) is 3.69. The molecule has 0 saturated carbocycles. The maximum absolute atomic E-state index is 13.6. The van der Waals surface area contributed by atoms with Crippen molar-refractivity contribution in [3.8, 4) is 5.69 Å². The molecule has 4 heteroatoms. The Kier molecular flexibility index (Phi) is 3.37. The lowest BCUT2D eigenvalue weighted by atomic mass is 10.1. The molecular weight excluding hydrogens is 265 g/mol. The van der Waals surface area contributed by atoms with Gasteiger partial charge in [0.25, 0.3) is 0 Å². The van der Waals surface area contributed by atoms with Crippen LogP contribution in [-0.2, 0) is 6.42 Å². The van der Waals surface area contributed by atoms with Gasteiger partial charge in [0.05, 0.1) is 11.0 Å². The van der Waals surface area contributed by atoms with Gasteiger partial charge in [-0.3, -0.25) is 4.57 Å². The number of rotatable bonds is 3. The maximum Gasteiger partial charge on any atom is 0.205 e. The lowest BCUT2D eigenvalue weighted by Gasteiger charge is -2.08. The standard InChI is InChI=1S/C17H18FN3/c1-3-4-12-5-7-13(8-6-12)21-16-9-11(2)14(18)10-15(16)20-17(21)19/h5-10H,3-4H2,1-2H3,(H2,19,20). The number of imidazole rings is 1. The van der Waals surface area contributed by atoms with Gasteiger partial charge >= 0.3 is 0 Å². The van der Waals surface area contributed by atoms with Crippen LogP contribution in [0.15, 0.2) is 36.4 Å². The first kappa shape index (κ1) is 13.6. The smallest absolute Gasteiger partial charge is 0.205 e. The van der Waals surface area contributed by atoms with Crippen LogP contribution in [-0.4, -0.2) is 9.55 Å². The molecule has 0 atom stereocenters. The van der Waals surface area contributed by atoms with Crippen molar-refractivity contribution in [2.75, 3.05) is 5.73 Å². The minimum absolute atomic E-state index is 0.259. The van der Waals surface area contributed by atoms with E-state index in [0.717, 1.165) is 24.0 Å². The van der Waals surface area contributed by atoms with E-state index in [-0.39, 0.29) is 5.82 Å². The molecule has 1 heterocycles. The van der Waals surface area contributed by atoms with Gasteiger partial charge < -0.3 is 5.73 Å². The van der Waals surface area contributed by atoms with E-state index in [1.807, 2.05) is 16.7 Å². The normalized spacial score (nSPS) is 11.2. The fourth-order valence-corrected chi connectivity index (χ4v) is 2.59. The van der Waals surface area contributed by atoms with Crippen LogP contribution in [0.4, 0.5) is 10.3 Å². The van der Waals surface area contributed by atoms with Crippen molar-refractivity contribution in [3.63, 3.8) is 0 Å². The molecule has 0 bridgehead atoms. The van der Waals surface area contributed by atoms with Crippen LogP contribution in [0.25, 0.3) is 16.7 Å². The summed E-state index contributed by atoms with van der Waals surface area (Å²) in [5.41, 5.74) is 10.2. The highest BCUT2D eigenvalue weighted by Gasteiger charge is 2.12. The van der Waals surface area contributed by atoms with E-state index in [9.17, 15) is 4.39 Å². The van der Waals surface area contributed by atoms with Crippen molar-refractivity contribution >= 4 is 17.0 Å². The summed E-state index contributed by atoms with van der Waals surface area (Å²) < 4.78 is 15.5. The van der Waals surface area contributed by atoms with Gasteiger partial charge in [-0.1, -0.05) is 25.5 Å². The minimum atomic E-state index is -0.259. The molecule has 0 amide bonds. The summed E-state index contributed by atoms with van der Waals surface area (Å²) in [6.45, 7) is 3.90. The van der Waals surface area contributed by atoms with Crippen LogP contribution >= 0.6 is 0 Å². The van der Waals surface area contributed by atoms with Gasteiger partial charge in [-0.15, -0.1) is 0 Å². The van der Waals surface area contributed by atoms with Crippen LogP contribution in [0.1, 0.15) is 24.5 Å². The second kappa shape index (κ2) is 5.20. The van der Waals surface area contributed by atoms with Gasteiger partial charge in [-0.05, 0) is 42.7 Å². The molecule has 0 aliphatic rings. The molecule has 21 heavy (non-hydrogen) atoms. The Bertz CT molecular complexity index is 788. The van der Waals surface area contributed by atoms with Crippen molar-refractivity contribution in [1.82, 2.24) is 9.55 Å². The van der Waals surface area contributed by atoms with Gasteiger partial charge in [0.1, 0.15) is 5.82 Å². The SMILES string of the molecule is CCCc1ccc(-n2c(N)nc3cc(F)c(C)cc32)cc1. The second-order valence-electron chi connectivity index (χ2n) is 5.31. The molecule has 0 saturated heterocycles. The van der Waals surface area contributed by atoms with E-state index in [1.54, 1.807) is 13.0 Å². The van der Waals surface area contributed by atoms with E-state index in [0.29, 0.717) is 17.0 Å². The predicted octanol–water partition coefficient (Wildman–Crippen LogP) is 4.01. The lowest BCUT2D eigenvalue weighted by molar-refractivity contribution is 0.620. The first-order valence-corrected chi connectivity index (χ1v) is 7.13. The molecule has 0 aliphatic carbocycles. The second-order valence-corrected chi connectivity index (χ2v) is 5.31. The molecule has 0 radical (unpaired) electrons. The highest BCUT2D eigenvalue weighted by atomic mass is 19.1. The molecule has 0 spiro atoms. The van der Waals surface area contributed by atoms with Crippen LogP contribution in [0.2, 0.25) is 0 Å². The van der Waals surface area contributed by atoms with Crippen molar-refractivity contribution < 1.29 is 4.39 Å². The number of fused-ring (bicyclic) bond motifs is 1. The Morgan fingerprint density at radius 3 is 2.57 bits per heavy atom. The average Bonchev–Trinajstić information content (AvgIpc) is 2.76. The fraction of sp³-hybridized carbons (Fsp3) is 0.235. The van der Waals surface area contributed by atoms with Crippen LogP contribution in [0.3, 0.4) is 0 Å². The zero-order chi connectivity index (χ0) is 15.0. The van der Waals surface area contributed by atoms with Crippen molar-refractivity contribution in [2.24, 2.45) is 0 Å². The number of aromatic nitrogens is 2. The van der Waals surface area contributed by atoms with Gasteiger partial charge in [-0.25, -0.2) is 9.37 Å². The Labute approximate surface area is 123 Å². The lowest BCUT2D eigenvalue weighted by Crippen LogP contribution is -2.01. The number of nitrogen functional groups attached to an aromatic ring is 1. The molecular formula is C17H18FN3. The number of benzene rings is 2. The predicted molar refractivity (Wildman–Crippen MR) is 84.2 cm³/mol. The largest absolute Gasteiger partial charge is 0.369 e. The highest BCUT2D eigenvalue weighted by Crippen LogP contribution is 2.25. The van der Waals surface area contributed by atoms with Crippen molar-refractivity contribution in [1.29, 1.82) is 0 Å². The maximum atomic E-state index is 13.6. The van der Waals surface area contributed by atoms with Gasteiger partial charge in [0, 0.05) is 11.8 Å². The van der Waals surface area contributed by atoms with Gasteiger partial charge in [-0.2, -0.15) is 0 Å². The van der Waals surface area contributed by atoms with Crippen LogP contribution < -0.4 is 5.73 Å². The van der Waals surface area contributed by atoms with Crippen LogP contribution in [0.5, 0.6) is 0 Å². The summed E-state index contributed by atoms with van der Waals surface area (Å²) in [6, 6.07) is 11.5. The Morgan fingerprint density at radius 2 is 1.90 bits per heavy atom. The molecule has 0 aliphatic heterocycles. The molecule has 3 nitrogen and oxygen atoms in total. The summed E-state index contributed by atoms with van der Waals surface area (Å²) in [4.78, 5) is 4.25. The zero-order valence-electron chi connectivity index (χ0n) is 12.2. The van der Waals surface area contributed by atoms with Gasteiger partial charge in [0.2, 0.25) is 5.95 Å². The summed E-state index contributed by atoms with van der Waals surface area (Å²) in [7, 11) is 0. The van der Waals surface area contributed by atoms with E-state index >= 15 is 0 Å². The molecule has 0 unspecified atom stereocenters. The van der Waals surface area contributed by atoms with Gasteiger partial charge in [0.15, 0.2) is 0 Å². The molecule has 0 fully saturated rings. The fourth-order valence-electron chi connectivity index (χ4n) is 2.59. The number of nitrogens with zero attached hydrogens (tertiary/aromatic N) is 2. The highest BCUT2D eigenvalue weighted by molar-refractivity contribution is 5.81. The monoisotopic (exact) mass is 283 g/mol. The molecule has 108 valence electrons. The zero-order valence-corrected chi connectivity index (χ0v) is 12.2. The first-order chi connectivity index (χ1) is 10.1. The molecule has 3 rings (SSSR count). The summed E-state index contributed by atoms with van der Waals surface area (Å²) in [5, 5.41) is 0. The topological polar surface area (TPSA) is 43.8 Å². The van der Waals surface area contributed by atoms with Crippen molar-refractivity contribution in [2.45, 2.75) is 26.7 Å². The number of halogens is 1. The molecule has 3 aromatic rings. The van der Waals surface area contributed by atoms with E-state index in [2.05, 4.69) is 24.0 Å². The number of hydrogen-bond acceptors (Lipinski definition) is 2. The summed E-state index contributed by atoms with van der Waals surface area (Å²) in [6.07, 6.45) is 2.18. The van der Waals surface area contributed by atoms with E-state index in [4.69, 9.17) is 5.73 Å². The molecule has 1 aromatic heterocycles. The molecule has 2 N–H and O–H groups in total. The Balaban J connectivity index is 2.15. The summed E-state index contributed by atoms with van der Waals surface area (Å²) in [5.74, 6) is 0.115. The van der Waals surface area contributed by atoms with E-state index in [1.165, 1.54) is 11.6 Å². The number of hydrogen-bond donors (Lipinski definition) is 1. The Morgan fingerprint density at radius 1 is 1.19 bits per heavy atom. The van der Waals surface area contributed by atoms with Crippen LogP contribution in [0, 0.1) is 12.7 Å². The van der Waals surface area contributed by atoms with E-state index < -0.39 is 0 Å². The number of nitrogens with two attached hydrogens (primary N) is 1. The first-order valence-electron chi connectivity index (χ1n) is 7.13. The summed E-state index contributed by atoms with van der Waals surface area (Å²) >= 11 is 0. The quantitative estimate of drug-likeness (QED) is 0.789. The number of aryl methyl sites for hydroxylation is 2. The minimum Gasteiger partial charge on any atom is -0.369 e. The molecule has 2 aromatic carbocycles. The average molecular weight is 283 g/mol.